The molecule has 7 aromatic carbocycles. The van der Waals surface area contributed by atoms with Crippen LogP contribution < -0.4 is 0 Å². The number of hydrogen-bond acceptors (Lipinski definition) is 3. The summed E-state index contributed by atoms with van der Waals surface area (Å²) in [6.07, 6.45) is 0. The Kier molecular flexibility index (Phi) is 5.68. The van der Waals surface area contributed by atoms with Gasteiger partial charge in [-0.1, -0.05) is 133 Å². The first-order valence-corrected chi connectivity index (χ1v) is 17.2. The van der Waals surface area contributed by atoms with E-state index < -0.39 is 0 Å². The number of rotatable bonds is 3. The van der Waals surface area contributed by atoms with Crippen LogP contribution in [0.3, 0.4) is 0 Å². The molecule has 0 bridgehead atoms. The summed E-state index contributed by atoms with van der Waals surface area (Å²) in [5.41, 5.74) is 8.28. The van der Waals surface area contributed by atoms with Gasteiger partial charge in [0.2, 0.25) is 0 Å². The van der Waals surface area contributed by atoms with E-state index in [1.54, 1.807) is 0 Å². The molecule has 3 aromatic heterocycles. The van der Waals surface area contributed by atoms with Gasteiger partial charge in [0.25, 0.3) is 0 Å². The van der Waals surface area contributed by atoms with E-state index in [-0.39, 0.29) is 0 Å². The van der Waals surface area contributed by atoms with E-state index >= 15 is 0 Å². The van der Waals surface area contributed by atoms with Crippen molar-refractivity contribution in [2.45, 2.75) is 0 Å². The Morgan fingerprint density at radius 2 is 0.978 bits per heavy atom. The van der Waals surface area contributed by atoms with Gasteiger partial charge in [0.05, 0.1) is 11.2 Å². The lowest BCUT2D eigenvalue weighted by molar-refractivity contribution is 1.43. The van der Waals surface area contributed by atoms with E-state index in [1.807, 2.05) is 22.7 Å². The molecule has 0 saturated heterocycles. The Bertz CT molecular complexity index is 2790. The van der Waals surface area contributed by atoms with Crippen LogP contribution in [0.5, 0.6) is 0 Å². The average molecular weight is 620 g/mol. The second-order valence-corrected chi connectivity index (χ2v) is 14.0. The van der Waals surface area contributed by atoms with Gasteiger partial charge in [-0.15, -0.1) is 22.7 Å². The topological polar surface area (TPSA) is 12.9 Å². The third-order valence-corrected chi connectivity index (χ3v) is 11.7. The molecule has 0 aliphatic carbocycles. The quantitative estimate of drug-likeness (QED) is 0.179. The molecule has 0 N–H and O–H groups in total. The molecular formula is C43H25NS2. The van der Waals surface area contributed by atoms with Gasteiger partial charge in [-0.05, 0) is 40.5 Å². The highest BCUT2D eigenvalue weighted by Crippen LogP contribution is 2.46. The first-order chi connectivity index (χ1) is 22.8. The van der Waals surface area contributed by atoms with Crippen molar-refractivity contribution < 1.29 is 0 Å². The number of benzene rings is 7. The zero-order chi connectivity index (χ0) is 30.2. The van der Waals surface area contributed by atoms with Crippen molar-refractivity contribution >= 4 is 84.7 Å². The standard InChI is InChI=1S/C43H25NS2/c1-2-10-28(11-3-1)41-34-24-25-35-39-29(14-9-19-38(39)46-43(35)40(34)33-13-4-6-17-36(33)44-41)26-20-22-27(23-21-26)30-15-8-16-32-31-12-5-7-18-37(31)45-42(30)32/h1-25H. The monoisotopic (exact) mass is 619 g/mol. The molecular weight excluding hydrogens is 595 g/mol. The summed E-state index contributed by atoms with van der Waals surface area (Å²) in [6, 6.07) is 55.1. The molecule has 10 aromatic rings. The Morgan fingerprint density at radius 1 is 0.348 bits per heavy atom. The highest BCUT2D eigenvalue weighted by atomic mass is 32.1. The third kappa shape index (κ3) is 3.83. The van der Waals surface area contributed by atoms with Gasteiger partial charge in [-0.3, -0.25) is 0 Å². The number of aromatic nitrogens is 1. The number of nitrogens with zero attached hydrogens (tertiary/aromatic N) is 1. The predicted octanol–water partition coefficient (Wildman–Crippen LogP) is 13.1. The fraction of sp³-hybridized carbons (Fsp3) is 0. The smallest absolute Gasteiger partial charge is 0.0788 e. The van der Waals surface area contributed by atoms with Crippen LogP contribution >= 0.6 is 22.7 Å². The van der Waals surface area contributed by atoms with Crippen molar-refractivity contribution in [3.05, 3.63) is 152 Å². The summed E-state index contributed by atoms with van der Waals surface area (Å²) in [7, 11) is 0. The molecule has 0 amide bonds. The van der Waals surface area contributed by atoms with Crippen LogP contribution in [0.25, 0.3) is 95.5 Å². The molecule has 46 heavy (non-hydrogen) atoms. The van der Waals surface area contributed by atoms with Gasteiger partial charge < -0.3 is 0 Å². The summed E-state index contributed by atoms with van der Waals surface area (Å²) < 4.78 is 5.32. The molecule has 0 saturated carbocycles. The summed E-state index contributed by atoms with van der Waals surface area (Å²) in [5, 5.41) is 9.00. The molecule has 0 aliphatic heterocycles. The van der Waals surface area contributed by atoms with Crippen LogP contribution in [0.2, 0.25) is 0 Å². The largest absolute Gasteiger partial charge is 0.247 e. The molecule has 3 heterocycles. The molecule has 214 valence electrons. The summed E-state index contributed by atoms with van der Waals surface area (Å²) in [6.45, 7) is 0. The molecule has 0 fully saturated rings. The fourth-order valence-electron chi connectivity index (χ4n) is 7.18. The Morgan fingerprint density at radius 3 is 1.85 bits per heavy atom. The van der Waals surface area contributed by atoms with Gasteiger partial charge in [0.15, 0.2) is 0 Å². The average Bonchev–Trinajstić information content (AvgIpc) is 3.70. The van der Waals surface area contributed by atoms with Gasteiger partial charge in [0.1, 0.15) is 0 Å². The lowest BCUT2D eigenvalue weighted by Crippen LogP contribution is -1.89. The summed E-state index contributed by atoms with van der Waals surface area (Å²) in [5.74, 6) is 0. The van der Waals surface area contributed by atoms with Gasteiger partial charge in [-0.25, -0.2) is 4.98 Å². The van der Waals surface area contributed by atoms with E-state index in [0.717, 1.165) is 16.8 Å². The molecule has 0 unspecified atom stereocenters. The number of hydrogen-bond donors (Lipinski definition) is 0. The van der Waals surface area contributed by atoms with Crippen molar-refractivity contribution in [3.8, 4) is 33.5 Å². The zero-order valence-electron chi connectivity index (χ0n) is 24.7. The number of para-hydroxylation sites is 1. The fourth-order valence-corrected chi connectivity index (χ4v) is 9.71. The molecule has 3 heteroatoms. The Labute approximate surface area is 273 Å². The maximum atomic E-state index is 5.17. The second kappa shape index (κ2) is 10.1. The lowest BCUT2D eigenvalue weighted by atomic mass is 9.94. The van der Waals surface area contributed by atoms with E-state index in [9.17, 15) is 0 Å². The minimum absolute atomic E-state index is 1.03. The first-order valence-electron chi connectivity index (χ1n) is 15.5. The highest BCUT2D eigenvalue weighted by Gasteiger charge is 2.18. The molecule has 0 aliphatic rings. The van der Waals surface area contributed by atoms with Crippen LogP contribution in [-0.4, -0.2) is 4.98 Å². The Hall–Kier alpha value is -5.35. The predicted molar refractivity (Wildman–Crippen MR) is 201 cm³/mol. The first kappa shape index (κ1) is 25.9. The van der Waals surface area contributed by atoms with Crippen LogP contribution in [0.15, 0.2) is 152 Å². The molecule has 0 spiro atoms. The van der Waals surface area contributed by atoms with Crippen molar-refractivity contribution in [1.29, 1.82) is 0 Å². The molecule has 0 radical (unpaired) electrons. The minimum atomic E-state index is 1.03. The Balaban J connectivity index is 1.17. The summed E-state index contributed by atoms with van der Waals surface area (Å²) in [4.78, 5) is 5.17. The van der Waals surface area contributed by atoms with Crippen LogP contribution in [0.4, 0.5) is 0 Å². The number of thiophene rings is 2. The van der Waals surface area contributed by atoms with Crippen LogP contribution in [0.1, 0.15) is 0 Å². The second-order valence-electron chi connectivity index (χ2n) is 11.8. The normalized spacial score (nSPS) is 11.9. The minimum Gasteiger partial charge on any atom is -0.247 e. The van der Waals surface area contributed by atoms with Gasteiger partial charge in [-0.2, -0.15) is 0 Å². The number of pyridine rings is 1. The van der Waals surface area contributed by atoms with E-state index in [2.05, 4.69) is 152 Å². The van der Waals surface area contributed by atoms with Crippen LogP contribution in [-0.2, 0) is 0 Å². The van der Waals surface area contributed by atoms with Crippen molar-refractivity contribution in [2.75, 3.05) is 0 Å². The molecule has 1 nitrogen and oxygen atoms in total. The SMILES string of the molecule is c1ccc(-c2nc3ccccc3c3c2ccc2c3sc3cccc(-c4ccc(-c5cccc6c5sc5ccccc56)cc4)c32)cc1. The summed E-state index contributed by atoms with van der Waals surface area (Å²) >= 11 is 3.78. The van der Waals surface area contributed by atoms with E-state index in [1.165, 1.54) is 78.8 Å². The lowest BCUT2D eigenvalue weighted by Gasteiger charge is -2.11. The van der Waals surface area contributed by atoms with Crippen molar-refractivity contribution in [3.63, 3.8) is 0 Å². The maximum absolute atomic E-state index is 5.17. The van der Waals surface area contributed by atoms with Crippen molar-refractivity contribution in [2.24, 2.45) is 0 Å². The van der Waals surface area contributed by atoms with E-state index in [4.69, 9.17) is 4.98 Å². The molecule has 10 rings (SSSR count). The van der Waals surface area contributed by atoms with Crippen molar-refractivity contribution in [1.82, 2.24) is 4.98 Å². The molecule has 0 atom stereocenters. The zero-order valence-corrected chi connectivity index (χ0v) is 26.3. The highest BCUT2D eigenvalue weighted by molar-refractivity contribution is 7.27. The van der Waals surface area contributed by atoms with Crippen LogP contribution in [0, 0.1) is 0 Å². The van der Waals surface area contributed by atoms with E-state index in [0.29, 0.717) is 0 Å². The van der Waals surface area contributed by atoms with Gasteiger partial charge >= 0.3 is 0 Å². The maximum Gasteiger partial charge on any atom is 0.0788 e. The number of fused-ring (bicyclic) bond motifs is 10. The third-order valence-electron chi connectivity index (χ3n) is 9.28. The van der Waals surface area contributed by atoms with Gasteiger partial charge in [0, 0.05) is 62.1 Å².